The van der Waals surface area contributed by atoms with E-state index < -0.39 is 39.3 Å². The topological polar surface area (TPSA) is 63.7 Å². The average Bonchev–Trinajstić information content (AvgIpc) is 2.91. The number of amides is 1. The van der Waals surface area contributed by atoms with E-state index in [-0.39, 0.29) is 16.0 Å². The second-order valence-electron chi connectivity index (χ2n) is 8.11. The van der Waals surface area contributed by atoms with Gasteiger partial charge in [-0.05, 0) is 54.1 Å². The number of hydrogen-bond donors (Lipinski definition) is 0. The Balaban J connectivity index is 1.76. The molecule has 1 atom stereocenters. The van der Waals surface area contributed by atoms with E-state index in [4.69, 9.17) is 4.84 Å². The average molecular weight is 526 g/mol. The van der Waals surface area contributed by atoms with Gasteiger partial charge in [0.25, 0.3) is 5.91 Å². The van der Waals surface area contributed by atoms with E-state index >= 15 is 0 Å². The van der Waals surface area contributed by atoms with Crippen molar-refractivity contribution < 1.29 is 31.2 Å². The molecule has 5 nitrogen and oxygen atoms in total. The second-order valence-corrected chi connectivity index (χ2v) is 10.1. The Morgan fingerprint density at radius 1 is 0.757 bits per heavy atom. The number of carbonyl (C=O) groups excluding carboxylic acids is 1. The molecule has 0 spiro atoms. The molecular weight excluding hydrogens is 503 g/mol. The highest BCUT2D eigenvalue weighted by Crippen LogP contribution is 2.32. The standard InChI is InChI=1S/C28H22F3NO4S/c29-28(30,31)23-18-16-21(17-19-23)26(20-37(34,35)25-14-8-3-9-15-25)36-32(24-12-6-2-7-13-24)27(33)22-10-4-1-5-11-22/h1-19,26H,20H2/t26-/m1/s1. The number of rotatable bonds is 8. The number of hydrogen-bond acceptors (Lipinski definition) is 4. The molecule has 0 aromatic heterocycles. The van der Waals surface area contributed by atoms with Gasteiger partial charge in [0.1, 0.15) is 6.10 Å². The first kappa shape index (κ1) is 26.1. The molecule has 0 saturated heterocycles. The summed E-state index contributed by atoms with van der Waals surface area (Å²) in [4.78, 5) is 19.5. The summed E-state index contributed by atoms with van der Waals surface area (Å²) in [6, 6.07) is 28.2. The van der Waals surface area contributed by atoms with Crippen molar-refractivity contribution in [3.8, 4) is 0 Å². The van der Waals surface area contributed by atoms with Gasteiger partial charge in [0.2, 0.25) is 0 Å². The predicted molar refractivity (Wildman–Crippen MR) is 133 cm³/mol. The van der Waals surface area contributed by atoms with Crippen molar-refractivity contribution in [2.75, 3.05) is 10.8 Å². The Kier molecular flexibility index (Phi) is 7.75. The van der Waals surface area contributed by atoms with Crippen LogP contribution in [0.2, 0.25) is 0 Å². The summed E-state index contributed by atoms with van der Waals surface area (Å²) < 4.78 is 65.9. The first-order valence-electron chi connectivity index (χ1n) is 11.2. The van der Waals surface area contributed by atoms with Gasteiger partial charge in [0, 0.05) is 5.56 Å². The van der Waals surface area contributed by atoms with Crippen LogP contribution in [0.25, 0.3) is 0 Å². The number of nitrogens with zero attached hydrogens (tertiary/aromatic N) is 1. The fraction of sp³-hybridized carbons (Fsp3) is 0.107. The Morgan fingerprint density at radius 3 is 1.81 bits per heavy atom. The van der Waals surface area contributed by atoms with E-state index in [1.165, 1.54) is 12.1 Å². The molecule has 0 heterocycles. The summed E-state index contributed by atoms with van der Waals surface area (Å²) in [5.41, 5.74) is -0.121. The molecule has 0 aliphatic rings. The molecule has 0 saturated carbocycles. The highest BCUT2D eigenvalue weighted by atomic mass is 32.2. The van der Waals surface area contributed by atoms with Crippen LogP contribution in [0.3, 0.4) is 0 Å². The highest BCUT2D eigenvalue weighted by Gasteiger charge is 2.32. The lowest BCUT2D eigenvalue weighted by atomic mass is 10.1. The molecule has 190 valence electrons. The number of sulfone groups is 1. The molecule has 0 N–H and O–H groups in total. The number of halogens is 3. The molecule has 9 heteroatoms. The lowest BCUT2D eigenvalue weighted by Gasteiger charge is -2.28. The molecule has 4 aromatic carbocycles. The van der Waals surface area contributed by atoms with Crippen molar-refractivity contribution in [2.24, 2.45) is 0 Å². The van der Waals surface area contributed by atoms with E-state index in [2.05, 4.69) is 0 Å². The zero-order valence-corrected chi connectivity index (χ0v) is 20.2. The predicted octanol–water partition coefficient (Wildman–Crippen LogP) is 6.50. The summed E-state index contributed by atoms with van der Waals surface area (Å²) in [5.74, 6) is -1.19. The molecule has 4 aromatic rings. The Morgan fingerprint density at radius 2 is 1.27 bits per heavy atom. The number of anilines is 1. The van der Waals surface area contributed by atoms with Crippen molar-refractivity contribution in [1.82, 2.24) is 0 Å². The Hall–Kier alpha value is -3.95. The molecular formula is C28H22F3NO4S. The maximum Gasteiger partial charge on any atom is 0.416 e. The van der Waals surface area contributed by atoms with E-state index in [0.29, 0.717) is 5.69 Å². The van der Waals surface area contributed by atoms with Crippen molar-refractivity contribution >= 4 is 21.4 Å². The SMILES string of the molecule is O=C(c1ccccc1)N(O[C@H](CS(=O)(=O)c1ccccc1)c1ccc(C(F)(F)F)cc1)c1ccccc1. The van der Waals surface area contributed by atoms with Crippen LogP contribution < -0.4 is 5.06 Å². The zero-order chi connectivity index (χ0) is 26.5. The lowest BCUT2D eigenvalue weighted by Crippen LogP contribution is -2.34. The largest absolute Gasteiger partial charge is 0.416 e. The smallest absolute Gasteiger partial charge is 0.266 e. The van der Waals surface area contributed by atoms with Gasteiger partial charge in [0.15, 0.2) is 9.84 Å². The molecule has 4 rings (SSSR count). The van der Waals surface area contributed by atoms with Crippen LogP contribution in [0.15, 0.2) is 120 Å². The number of carbonyl (C=O) groups is 1. The number of alkyl halides is 3. The van der Waals surface area contributed by atoms with Crippen molar-refractivity contribution in [1.29, 1.82) is 0 Å². The van der Waals surface area contributed by atoms with Crippen molar-refractivity contribution in [3.05, 3.63) is 132 Å². The minimum absolute atomic E-state index is 0.0242. The number of benzene rings is 4. The fourth-order valence-corrected chi connectivity index (χ4v) is 5.03. The molecule has 0 bridgehead atoms. The fourth-order valence-electron chi connectivity index (χ4n) is 3.61. The minimum atomic E-state index is -4.57. The van der Waals surface area contributed by atoms with Crippen molar-refractivity contribution in [2.45, 2.75) is 17.2 Å². The maximum atomic E-state index is 13.4. The van der Waals surface area contributed by atoms with Crippen LogP contribution in [-0.2, 0) is 20.9 Å². The molecule has 0 radical (unpaired) electrons. The molecule has 0 aliphatic carbocycles. The highest BCUT2D eigenvalue weighted by molar-refractivity contribution is 7.91. The summed E-state index contributed by atoms with van der Waals surface area (Å²) in [7, 11) is -3.95. The number of hydroxylamine groups is 1. The summed E-state index contributed by atoms with van der Waals surface area (Å²) >= 11 is 0. The van der Waals surface area contributed by atoms with E-state index in [1.807, 2.05) is 0 Å². The molecule has 0 aliphatic heterocycles. The van der Waals surface area contributed by atoms with E-state index in [9.17, 15) is 26.4 Å². The summed E-state index contributed by atoms with van der Waals surface area (Å²) in [5, 5.41) is 0.970. The summed E-state index contributed by atoms with van der Waals surface area (Å²) in [6.45, 7) is 0. The monoisotopic (exact) mass is 525 g/mol. The van der Waals surface area contributed by atoms with Crippen LogP contribution in [-0.4, -0.2) is 20.1 Å². The van der Waals surface area contributed by atoms with Gasteiger partial charge in [-0.15, -0.1) is 0 Å². The minimum Gasteiger partial charge on any atom is -0.266 e. The third-order valence-corrected chi connectivity index (χ3v) is 7.24. The molecule has 0 fully saturated rings. The van der Waals surface area contributed by atoms with Crippen LogP contribution in [0, 0.1) is 0 Å². The first-order valence-corrected chi connectivity index (χ1v) is 12.9. The Labute approximate surface area is 212 Å². The van der Waals surface area contributed by atoms with Gasteiger partial charge in [-0.1, -0.05) is 66.7 Å². The Bertz CT molecular complexity index is 1430. The zero-order valence-electron chi connectivity index (χ0n) is 19.4. The summed E-state index contributed by atoms with van der Waals surface area (Å²) in [6.07, 6.45) is -5.87. The number of para-hydroxylation sites is 1. The van der Waals surface area contributed by atoms with Crippen LogP contribution >= 0.6 is 0 Å². The van der Waals surface area contributed by atoms with Gasteiger partial charge >= 0.3 is 6.18 Å². The van der Waals surface area contributed by atoms with Crippen LogP contribution in [0.4, 0.5) is 18.9 Å². The maximum absolute atomic E-state index is 13.4. The van der Waals surface area contributed by atoms with Gasteiger partial charge in [-0.2, -0.15) is 18.2 Å². The first-order chi connectivity index (χ1) is 17.6. The van der Waals surface area contributed by atoms with Gasteiger partial charge in [-0.3, -0.25) is 9.63 Å². The second kappa shape index (κ2) is 11.0. The quantitative estimate of drug-likeness (QED) is 0.247. The van der Waals surface area contributed by atoms with E-state index in [0.717, 1.165) is 29.3 Å². The van der Waals surface area contributed by atoms with Gasteiger partial charge in [-0.25, -0.2) is 8.42 Å². The van der Waals surface area contributed by atoms with Crippen LogP contribution in [0.5, 0.6) is 0 Å². The normalized spacial score (nSPS) is 12.6. The van der Waals surface area contributed by atoms with Crippen LogP contribution in [0.1, 0.15) is 27.6 Å². The third kappa shape index (κ3) is 6.44. The molecule has 0 unspecified atom stereocenters. The molecule has 1 amide bonds. The van der Waals surface area contributed by atoms with Crippen molar-refractivity contribution in [3.63, 3.8) is 0 Å². The van der Waals surface area contributed by atoms with Gasteiger partial charge < -0.3 is 0 Å². The third-order valence-electron chi connectivity index (χ3n) is 5.51. The van der Waals surface area contributed by atoms with Gasteiger partial charge in [0.05, 0.1) is 21.9 Å². The lowest BCUT2D eigenvalue weighted by molar-refractivity contribution is -0.137. The molecule has 37 heavy (non-hydrogen) atoms. The van der Waals surface area contributed by atoms with E-state index in [1.54, 1.807) is 78.9 Å².